The molecule has 1 fully saturated rings. The van der Waals surface area contributed by atoms with Crippen LogP contribution >= 0.6 is 0 Å². The standard InChI is InChI=1S/C21H23N3O2/c1-15-21(18-4-2-3-5-19(18)22-15)20(26)14-23-10-12-24(13-11-23)16-6-8-17(25)9-7-16/h2-9,22,25H,10-14H2,1H3. The van der Waals surface area contributed by atoms with Crippen molar-refractivity contribution in [2.75, 3.05) is 37.6 Å². The zero-order valence-electron chi connectivity index (χ0n) is 14.9. The number of ketones is 1. The molecule has 5 nitrogen and oxygen atoms in total. The smallest absolute Gasteiger partial charge is 0.179 e. The fraction of sp³-hybridized carbons (Fsp3) is 0.286. The van der Waals surface area contributed by atoms with Gasteiger partial charge in [0.1, 0.15) is 5.75 Å². The number of fused-ring (bicyclic) bond motifs is 1. The van der Waals surface area contributed by atoms with E-state index in [0.29, 0.717) is 6.54 Å². The minimum atomic E-state index is 0.179. The number of hydrogen-bond donors (Lipinski definition) is 2. The van der Waals surface area contributed by atoms with Gasteiger partial charge in [0, 0.05) is 54.0 Å². The number of aromatic hydroxyl groups is 1. The zero-order valence-corrected chi connectivity index (χ0v) is 14.9. The summed E-state index contributed by atoms with van der Waals surface area (Å²) in [7, 11) is 0. The van der Waals surface area contributed by atoms with Crippen molar-refractivity contribution in [1.82, 2.24) is 9.88 Å². The summed E-state index contributed by atoms with van der Waals surface area (Å²) in [5.74, 6) is 0.463. The number of aromatic amines is 1. The second-order valence-corrected chi connectivity index (χ2v) is 6.87. The van der Waals surface area contributed by atoms with Gasteiger partial charge in [0.05, 0.1) is 6.54 Å². The number of carbonyl (C=O) groups is 1. The first-order chi connectivity index (χ1) is 12.6. The monoisotopic (exact) mass is 349 g/mol. The van der Waals surface area contributed by atoms with Crippen molar-refractivity contribution < 1.29 is 9.90 Å². The first kappa shape index (κ1) is 16.7. The molecule has 0 saturated carbocycles. The van der Waals surface area contributed by atoms with Crippen molar-refractivity contribution in [3.63, 3.8) is 0 Å². The maximum Gasteiger partial charge on any atom is 0.179 e. The summed E-state index contributed by atoms with van der Waals surface area (Å²) < 4.78 is 0. The Morgan fingerprint density at radius 2 is 1.73 bits per heavy atom. The SMILES string of the molecule is Cc1[nH]c2ccccc2c1C(=O)CN1CCN(c2ccc(O)cc2)CC1. The van der Waals surface area contributed by atoms with Crippen molar-refractivity contribution in [3.05, 3.63) is 59.8 Å². The van der Waals surface area contributed by atoms with E-state index < -0.39 is 0 Å². The van der Waals surface area contributed by atoms with Crippen LogP contribution in [0.15, 0.2) is 48.5 Å². The van der Waals surface area contributed by atoms with E-state index in [2.05, 4.69) is 14.8 Å². The maximum absolute atomic E-state index is 12.9. The molecule has 26 heavy (non-hydrogen) atoms. The molecule has 0 unspecified atom stereocenters. The lowest BCUT2D eigenvalue weighted by atomic mass is 10.1. The third kappa shape index (κ3) is 3.18. The van der Waals surface area contributed by atoms with Gasteiger partial charge in [-0.25, -0.2) is 0 Å². The van der Waals surface area contributed by atoms with E-state index in [1.54, 1.807) is 12.1 Å². The number of piperazine rings is 1. The summed E-state index contributed by atoms with van der Waals surface area (Å²) in [6.07, 6.45) is 0. The van der Waals surface area contributed by atoms with Gasteiger partial charge in [0.15, 0.2) is 5.78 Å². The molecular weight excluding hydrogens is 326 g/mol. The highest BCUT2D eigenvalue weighted by Crippen LogP contribution is 2.23. The zero-order chi connectivity index (χ0) is 18.1. The lowest BCUT2D eigenvalue weighted by molar-refractivity contribution is 0.0927. The van der Waals surface area contributed by atoms with Crippen molar-refractivity contribution in [3.8, 4) is 5.75 Å². The van der Waals surface area contributed by atoms with Crippen LogP contribution in [0, 0.1) is 6.92 Å². The van der Waals surface area contributed by atoms with Gasteiger partial charge < -0.3 is 15.0 Å². The number of nitrogens with one attached hydrogen (secondary N) is 1. The van der Waals surface area contributed by atoms with E-state index in [9.17, 15) is 9.90 Å². The Hall–Kier alpha value is -2.79. The van der Waals surface area contributed by atoms with Crippen molar-refractivity contribution >= 4 is 22.4 Å². The molecular formula is C21H23N3O2. The van der Waals surface area contributed by atoms with Crippen LogP contribution in [-0.4, -0.2) is 53.5 Å². The van der Waals surface area contributed by atoms with Gasteiger partial charge >= 0.3 is 0 Å². The molecule has 0 aliphatic carbocycles. The van der Waals surface area contributed by atoms with Crippen molar-refractivity contribution in [2.45, 2.75) is 6.92 Å². The molecule has 0 radical (unpaired) electrons. The number of Topliss-reactive ketones (excluding diaryl/α,β-unsaturated/α-hetero) is 1. The number of benzene rings is 2. The second kappa shape index (κ2) is 6.84. The third-order valence-corrected chi connectivity index (χ3v) is 5.13. The number of anilines is 1. The summed E-state index contributed by atoms with van der Waals surface area (Å²) in [6.45, 7) is 5.89. The molecule has 5 heteroatoms. The summed E-state index contributed by atoms with van der Waals surface area (Å²) in [5.41, 5.74) is 3.90. The second-order valence-electron chi connectivity index (χ2n) is 6.87. The molecule has 0 spiro atoms. The molecule has 1 aromatic heterocycles. The first-order valence-electron chi connectivity index (χ1n) is 8.98. The Balaban J connectivity index is 1.41. The Morgan fingerprint density at radius 3 is 2.46 bits per heavy atom. The van der Waals surface area contributed by atoms with E-state index in [1.807, 2.05) is 43.3 Å². The molecule has 2 aromatic carbocycles. The van der Waals surface area contributed by atoms with Crippen LogP contribution in [0.1, 0.15) is 16.1 Å². The first-order valence-corrected chi connectivity index (χ1v) is 8.98. The Morgan fingerprint density at radius 1 is 1.04 bits per heavy atom. The predicted molar refractivity (Wildman–Crippen MR) is 104 cm³/mol. The lowest BCUT2D eigenvalue weighted by Gasteiger charge is -2.35. The quantitative estimate of drug-likeness (QED) is 0.710. The number of rotatable bonds is 4. The average molecular weight is 349 g/mol. The lowest BCUT2D eigenvalue weighted by Crippen LogP contribution is -2.48. The molecule has 2 heterocycles. The number of nitrogens with zero attached hydrogens (tertiary/aromatic N) is 2. The number of para-hydroxylation sites is 1. The van der Waals surface area contributed by atoms with Crippen LogP contribution in [0.25, 0.3) is 10.9 Å². The van der Waals surface area contributed by atoms with Gasteiger partial charge in [-0.2, -0.15) is 0 Å². The van der Waals surface area contributed by atoms with Crippen molar-refractivity contribution in [1.29, 1.82) is 0 Å². The highest BCUT2D eigenvalue weighted by Gasteiger charge is 2.22. The van der Waals surface area contributed by atoms with Gasteiger partial charge in [-0.1, -0.05) is 18.2 Å². The van der Waals surface area contributed by atoms with E-state index in [4.69, 9.17) is 0 Å². The molecule has 4 rings (SSSR count). The maximum atomic E-state index is 12.9. The minimum Gasteiger partial charge on any atom is -0.508 e. The van der Waals surface area contributed by atoms with Gasteiger partial charge in [-0.05, 0) is 37.3 Å². The largest absolute Gasteiger partial charge is 0.508 e. The van der Waals surface area contributed by atoms with E-state index in [0.717, 1.165) is 54.0 Å². The number of carbonyl (C=O) groups excluding carboxylic acids is 1. The Bertz CT molecular complexity index is 922. The molecule has 0 atom stereocenters. The van der Waals surface area contributed by atoms with Crippen LogP contribution in [0.5, 0.6) is 5.75 Å². The molecule has 0 bridgehead atoms. The number of aromatic nitrogens is 1. The van der Waals surface area contributed by atoms with Crippen LogP contribution in [0.2, 0.25) is 0 Å². The Kier molecular flexibility index (Phi) is 4.39. The van der Waals surface area contributed by atoms with Crippen LogP contribution in [0.3, 0.4) is 0 Å². The molecule has 134 valence electrons. The molecule has 3 aromatic rings. The fourth-order valence-electron chi connectivity index (χ4n) is 3.75. The summed E-state index contributed by atoms with van der Waals surface area (Å²) in [5, 5.41) is 10.4. The topological polar surface area (TPSA) is 59.6 Å². The van der Waals surface area contributed by atoms with Crippen molar-refractivity contribution in [2.24, 2.45) is 0 Å². The summed E-state index contributed by atoms with van der Waals surface area (Å²) in [6, 6.07) is 15.3. The van der Waals surface area contributed by atoms with Gasteiger partial charge in [-0.15, -0.1) is 0 Å². The number of phenolic OH excluding ortho intramolecular Hbond substituents is 1. The molecule has 1 aliphatic heterocycles. The van der Waals surface area contributed by atoms with Crippen LogP contribution in [-0.2, 0) is 0 Å². The van der Waals surface area contributed by atoms with E-state index in [-0.39, 0.29) is 11.5 Å². The highest BCUT2D eigenvalue weighted by atomic mass is 16.3. The van der Waals surface area contributed by atoms with Crippen LogP contribution < -0.4 is 4.90 Å². The predicted octanol–water partition coefficient (Wildman–Crippen LogP) is 3.19. The van der Waals surface area contributed by atoms with E-state index in [1.165, 1.54) is 0 Å². The Labute approximate surface area is 152 Å². The van der Waals surface area contributed by atoms with Gasteiger partial charge in [0.2, 0.25) is 0 Å². The summed E-state index contributed by atoms with van der Waals surface area (Å²) >= 11 is 0. The van der Waals surface area contributed by atoms with Gasteiger partial charge in [-0.3, -0.25) is 9.69 Å². The fourth-order valence-corrected chi connectivity index (χ4v) is 3.75. The number of phenols is 1. The molecule has 1 saturated heterocycles. The average Bonchev–Trinajstić information content (AvgIpc) is 2.99. The number of H-pyrrole nitrogens is 1. The highest BCUT2D eigenvalue weighted by molar-refractivity contribution is 6.10. The van der Waals surface area contributed by atoms with Gasteiger partial charge in [0.25, 0.3) is 0 Å². The van der Waals surface area contributed by atoms with Crippen LogP contribution in [0.4, 0.5) is 5.69 Å². The van der Waals surface area contributed by atoms with E-state index >= 15 is 0 Å². The number of aryl methyl sites for hydroxylation is 1. The molecule has 2 N–H and O–H groups in total. The third-order valence-electron chi connectivity index (χ3n) is 5.13. The minimum absolute atomic E-state index is 0.179. The summed E-state index contributed by atoms with van der Waals surface area (Å²) in [4.78, 5) is 20.7. The molecule has 0 amide bonds. The molecule has 1 aliphatic rings. The number of hydrogen-bond acceptors (Lipinski definition) is 4. The normalized spacial score (nSPS) is 15.5.